The monoisotopic (exact) mass is 848 g/mol. The first-order valence-corrected chi connectivity index (χ1v) is 25.1. The summed E-state index contributed by atoms with van der Waals surface area (Å²) in [6, 6.07) is 0. The lowest BCUT2D eigenvalue weighted by Gasteiger charge is -2.28. The smallest absolute Gasteiger partial charge is 0.306 e. The second-order valence-corrected chi connectivity index (χ2v) is 18.1. The lowest BCUT2D eigenvalue weighted by atomic mass is 10.1. The number of carbonyl (C=O) groups excluding carboxylic acids is 1. The number of allylic oxidation sites excluding steroid dienone is 12. The van der Waals surface area contributed by atoms with Gasteiger partial charge < -0.3 is 27.9 Å². The molecule has 0 aromatic carbocycles. The maximum absolute atomic E-state index is 12.6. The molecule has 342 valence electrons. The Kier molecular flexibility index (Phi) is 41.1. The average molecular weight is 848 g/mol. The molecule has 0 aliphatic rings. The van der Waals surface area contributed by atoms with Crippen LogP contribution in [0.1, 0.15) is 181 Å². The number of nitrogens with zero attached hydrogens (tertiary/aromatic N) is 1. The first-order chi connectivity index (χ1) is 28.6. The number of esters is 1. The van der Waals surface area contributed by atoms with Crippen LogP contribution < -0.4 is 4.89 Å². The number of carbonyl (C=O) groups is 1. The normalized spacial score (nSPS) is 14.3. The molecule has 2 atom stereocenters. The van der Waals surface area contributed by atoms with Crippen molar-refractivity contribution in [2.24, 2.45) is 0 Å². The molecular weight excluding hydrogens is 758 g/mol. The molecule has 9 heteroatoms. The highest BCUT2D eigenvalue weighted by Crippen LogP contribution is 2.38. The largest absolute Gasteiger partial charge is 0.756 e. The summed E-state index contributed by atoms with van der Waals surface area (Å²) < 4.78 is 34.6. The molecule has 0 amide bonds. The van der Waals surface area contributed by atoms with E-state index >= 15 is 0 Å². The molecule has 0 saturated heterocycles. The molecule has 0 rings (SSSR count). The van der Waals surface area contributed by atoms with Crippen LogP contribution >= 0.6 is 7.82 Å². The van der Waals surface area contributed by atoms with Gasteiger partial charge in [-0.3, -0.25) is 9.36 Å². The molecule has 0 aliphatic carbocycles. The molecule has 0 fully saturated rings. The first kappa shape index (κ1) is 56.9. The zero-order valence-electron chi connectivity index (χ0n) is 38.7. The van der Waals surface area contributed by atoms with E-state index < -0.39 is 13.9 Å². The quantitative estimate of drug-likeness (QED) is 0.0198. The van der Waals surface area contributed by atoms with Gasteiger partial charge in [-0.2, -0.15) is 0 Å². The standard InChI is InChI=1S/C50H90NO7P/c1-6-8-10-12-14-16-18-19-20-21-22-23-24-25-26-27-28-29-30-31-32-34-36-38-40-42-45-55-47-49(48-57-59(53,54)56-46-44-51(3,4)5)58-50(52)43-41-39-37-35-33-17-15-13-11-9-7-2/h8,10,13-16,19-20,22-23,25-26,49H,6-7,9,11-12,17-18,21,24,27-48H2,1-5H3/b10-8-,15-13-,16-14-,20-19-,23-22-,26-25-. The Morgan fingerprint density at radius 1 is 0.542 bits per heavy atom. The zero-order chi connectivity index (χ0) is 43.4. The first-order valence-electron chi connectivity index (χ1n) is 23.7. The number of phosphoric ester groups is 1. The van der Waals surface area contributed by atoms with E-state index in [0.29, 0.717) is 24.1 Å². The fourth-order valence-corrected chi connectivity index (χ4v) is 6.81. The van der Waals surface area contributed by atoms with Crippen LogP contribution in [-0.4, -0.2) is 70.7 Å². The Bertz CT molecular complexity index is 1170. The topological polar surface area (TPSA) is 94.1 Å². The summed E-state index contributed by atoms with van der Waals surface area (Å²) >= 11 is 0. The highest BCUT2D eigenvalue weighted by atomic mass is 31.2. The fraction of sp³-hybridized carbons (Fsp3) is 0.740. The van der Waals surface area contributed by atoms with Crippen molar-refractivity contribution in [3.8, 4) is 0 Å². The number of ether oxygens (including phenoxy) is 2. The van der Waals surface area contributed by atoms with E-state index in [1.807, 2.05) is 21.1 Å². The van der Waals surface area contributed by atoms with Crippen molar-refractivity contribution >= 4 is 13.8 Å². The number of rotatable bonds is 43. The number of hydrogen-bond acceptors (Lipinski definition) is 7. The van der Waals surface area contributed by atoms with E-state index in [1.165, 1.54) is 83.5 Å². The Labute approximate surface area is 363 Å². The Balaban J connectivity index is 4.10. The van der Waals surface area contributed by atoms with E-state index in [-0.39, 0.29) is 25.8 Å². The van der Waals surface area contributed by atoms with Crippen molar-refractivity contribution in [2.75, 3.05) is 54.1 Å². The van der Waals surface area contributed by atoms with Gasteiger partial charge in [-0.1, -0.05) is 170 Å². The van der Waals surface area contributed by atoms with Gasteiger partial charge in [0.15, 0.2) is 0 Å². The molecule has 0 aromatic heterocycles. The highest BCUT2D eigenvalue weighted by Gasteiger charge is 2.20. The molecule has 0 N–H and O–H groups in total. The van der Waals surface area contributed by atoms with Gasteiger partial charge in [0.25, 0.3) is 7.82 Å². The van der Waals surface area contributed by atoms with Gasteiger partial charge in [0.05, 0.1) is 34.4 Å². The number of quaternary nitrogens is 1. The summed E-state index contributed by atoms with van der Waals surface area (Å²) in [6.07, 6.45) is 55.0. The van der Waals surface area contributed by atoms with Crippen LogP contribution in [0.25, 0.3) is 0 Å². The van der Waals surface area contributed by atoms with E-state index in [1.54, 1.807) is 0 Å². The Morgan fingerprint density at radius 3 is 1.49 bits per heavy atom. The van der Waals surface area contributed by atoms with Gasteiger partial charge >= 0.3 is 5.97 Å². The van der Waals surface area contributed by atoms with Gasteiger partial charge in [-0.25, -0.2) is 0 Å². The van der Waals surface area contributed by atoms with Crippen LogP contribution in [0.15, 0.2) is 72.9 Å². The van der Waals surface area contributed by atoms with Crippen LogP contribution in [0.5, 0.6) is 0 Å². The third-order valence-electron chi connectivity index (χ3n) is 9.74. The SMILES string of the molecule is CC/C=C\C/C=C\C/C=C\C/C=C\C/C=C\CCCCCCCCCCCCOCC(COP(=O)([O-])OCC[N+](C)(C)C)OC(=O)CCCCCCC/C=C\CCCC. The predicted octanol–water partition coefficient (Wildman–Crippen LogP) is 13.6. The molecule has 59 heavy (non-hydrogen) atoms. The summed E-state index contributed by atoms with van der Waals surface area (Å²) in [6.45, 7) is 5.22. The summed E-state index contributed by atoms with van der Waals surface area (Å²) in [5.74, 6) is -0.349. The average Bonchev–Trinajstić information content (AvgIpc) is 3.19. The molecule has 0 aromatic rings. The molecular formula is C50H90NO7P. The third kappa shape index (κ3) is 46.9. The van der Waals surface area contributed by atoms with Crippen LogP contribution in [-0.2, 0) is 27.9 Å². The molecule has 0 radical (unpaired) electrons. The Hall–Kier alpha value is -2.06. The summed E-state index contributed by atoms with van der Waals surface area (Å²) in [4.78, 5) is 25.0. The van der Waals surface area contributed by atoms with E-state index in [2.05, 4.69) is 86.8 Å². The van der Waals surface area contributed by atoms with Crippen molar-refractivity contribution in [1.82, 2.24) is 0 Å². The van der Waals surface area contributed by atoms with Crippen molar-refractivity contribution in [1.29, 1.82) is 0 Å². The lowest BCUT2D eigenvalue weighted by molar-refractivity contribution is -0.870. The maximum Gasteiger partial charge on any atom is 0.306 e. The summed E-state index contributed by atoms with van der Waals surface area (Å²) in [5, 5.41) is 0. The summed E-state index contributed by atoms with van der Waals surface area (Å²) in [7, 11) is 1.34. The van der Waals surface area contributed by atoms with Crippen LogP contribution in [0.2, 0.25) is 0 Å². The van der Waals surface area contributed by atoms with Crippen molar-refractivity contribution in [2.45, 2.75) is 187 Å². The number of phosphoric acid groups is 1. The van der Waals surface area contributed by atoms with Crippen LogP contribution in [0.4, 0.5) is 0 Å². The highest BCUT2D eigenvalue weighted by molar-refractivity contribution is 7.45. The van der Waals surface area contributed by atoms with Crippen LogP contribution in [0, 0.1) is 0 Å². The van der Waals surface area contributed by atoms with E-state index in [4.69, 9.17) is 18.5 Å². The number of unbranched alkanes of at least 4 members (excludes halogenated alkanes) is 17. The van der Waals surface area contributed by atoms with Gasteiger partial charge in [0, 0.05) is 13.0 Å². The minimum Gasteiger partial charge on any atom is -0.756 e. The van der Waals surface area contributed by atoms with E-state index in [9.17, 15) is 14.3 Å². The second-order valence-electron chi connectivity index (χ2n) is 16.7. The molecule has 0 spiro atoms. The molecule has 8 nitrogen and oxygen atoms in total. The minimum atomic E-state index is -4.53. The third-order valence-corrected chi connectivity index (χ3v) is 10.7. The van der Waals surface area contributed by atoms with Gasteiger partial charge in [-0.05, 0) is 77.0 Å². The van der Waals surface area contributed by atoms with Gasteiger partial charge in [0.1, 0.15) is 19.3 Å². The predicted molar refractivity (Wildman–Crippen MR) is 249 cm³/mol. The van der Waals surface area contributed by atoms with Crippen molar-refractivity contribution in [3.05, 3.63) is 72.9 Å². The van der Waals surface area contributed by atoms with Crippen molar-refractivity contribution in [3.63, 3.8) is 0 Å². The number of likely N-dealkylation sites (N-methyl/N-ethyl adjacent to an activating group) is 1. The van der Waals surface area contributed by atoms with Gasteiger partial charge in [-0.15, -0.1) is 0 Å². The minimum absolute atomic E-state index is 0.0206. The number of hydrogen-bond donors (Lipinski definition) is 0. The maximum atomic E-state index is 12.6. The lowest BCUT2D eigenvalue weighted by Crippen LogP contribution is -2.37. The zero-order valence-corrected chi connectivity index (χ0v) is 39.6. The fourth-order valence-electron chi connectivity index (χ4n) is 6.08. The molecule has 2 unspecified atom stereocenters. The van der Waals surface area contributed by atoms with Crippen molar-refractivity contribution < 1.29 is 37.3 Å². The molecule has 0 heterocycles. The second kappa shape index (κ2) is 42.6. The molecule has 0 aliphatic heterocycles. The Morgan fingerprint density at radius 2 is 0.983 bits per heavy atom. The van der Waals surface area contributed by atoms with E-state index in [0.717, 1.165) is 77.0 Å². The van der Waals surface area contributed by atoms with Gasteiger partial charge in [0.2, 0.25) is 0 Å². The molecule has 0 bridgehead atoms. The summed E-state index contributed by atoms with van der Waals surface area (Å²) in [5.41, 5.74) is 0. The van der Waals surface area contributed by atoms with Crippen LogP contribution in [0.3, 0.4) is 0 Å². The molecule has 0 saturated carbocycles.